The first-order chi connectivity index (χ1) is 10.2. The van der Waals surface area contributed by atoms with Crippen LogP contribution in [0, 0.1) is 0 Å². The molecule has 2 aromatic heterocycles. The van der Waals surface area contributed by atoms with Gasteiger partial charge in [0.25, 0.3) is 0 Å². The van der Waals surface area contributed by atoms with Gasteiger partial charge in [-0.05, 0) is 17.7 Å². The number of hydrogen-bond donors (Lipinski definition) is 1. The zero-order chi connectivity index (χ0) is 14.8. The van der Waals surface area contributed by atoms with Crippen molar-refractivity contribution in [2.75, 3.05) is 7.11 Å². The molecule has 0 saturated heterocycles. The molecule has 6 heteroatoms. The van der Waals surface area contributed by atoms with Crippen LogP contribution in [-0.4, -0.2) is 32.8 Å². The number of rotatable bonds is 4. The molecule has 0 amide bonds. The van der Waals surface area contributed by atoms with E-state index >= 15 is 0 Å². The van der Waals surface area contributed by atoms with Gasteiger partial charge in [-0.25, -0.2) is 4.79 Å². The summed E-state index contributed by atoms with van der Waals surface area (Å²) in [4.78, 5) is 11.1. The van der Waals surface area contributed by atoms with Crippen LogP contribution in [0.25, 0.3) is 5.65 Å². The molecule has 0 bridgehead atoms. The normalized spacial score (nSPS) is 12.4. The van der Waals surface area contributed by atoms with Gasteiger partial charge in [-0.15, -0.1) is 10.2 Å². The molecule has 6 nitrogen and oxygen atoms in total. The van der Waals surface area contributed by atoms with E-state index in [2.05, 4.69) is 10.2 Å². The quantitative estimate of drug-likeness (QED) is 0.794. The molecular weight excluding hydrogens is 270 g/mol. The highest BCUT2D eigenvalue weighted by Gasteiger charge is 2.20. The Morgan fingerprint density at radius 1 is 1.19 bits per heavy atom. The summed E-state index contributed by atoms with van der Waals surface area (Å²) in [7, 11) is 1.58. The molecule has 106 valence electrons. The van der Waals surface area contributed by atoms with Crippen molar-refractivity contribution in [2.45, 2.75) is 6.10 Å². The molecule has 0 aliphatic heterocycles. The maximum absolute atomic E-state index is 11.1. The van der Waals surface area contributed by atoms with Crippen LogP contribution in [0.5, 0.6) is 0 Å². The minimum atomic E-state index is -0.995. The van der Waals surface area contributed by atoms with Crippen molar-refractivity contribution < 1.29 is 14.6 Å². The second-order valence-corrected chi connectivity index (χ2v) is 4.54. The van der Waals surface area contributed by atoms with E-state index in [4.69, 9.17) is 9.84 Å². The maximum Gasteiger partial charge on any atom is 0.337 e. The first-order valence-electron chi connectivity index (χ1n) is 6.36. The van der Waals surface area contributed by atoms with Gasteiger partial charge in [0.1, 0.15) is 6.10 Å². The van der Waals surface area contributed by atoms with Crippen LogP contribution < -0.4 is 0 Å². The predicted octanol–water partition coefficient (Wildman–Crippen LogP) is 2.16. The third-order valence-corrected chi connectivity index (χ3v) is 3.25. The van der Waals surface area contributed by atoms with Gasteiger partial charge in [-0.3, -0.25) is 4.40 Å². The number of hydrogen-bond acceptors (Lipinski definition) is 4. The average molecular weight is 283 g/mol. The molecule has 0 fully saturated rings. The van der Waals surface area contributed by atoms with Gasteiger partial charge in [-0.2, -0.15) is 0 Å². The highest BCUT2D eigenvalue weighted by Crippen LogP contribution is 2.24. The summed E-state index contributed by atoms with van der Waals surface area (Å²) in [5.74, 6) is -0.452. The number of pyridine rings is 1. The monoisotopic (exact) mass is 283 g/mol. The summed E-state index contributed by atoms with van der Waals surface area (Å²) in [5.41, 5.74) is 1.68. The lowest BCUT2D eigenvalue weighted by Crippen LogP contribution is -2.09. The van der Waals surface area contributed by atoms with Gasteiger partial charge in [0.05, 0.1) is 5.56 Å². The van der Waals surface area contributed by atoms with Crippen LogP contribution in [0.15, 0.2) is 48.7 Å². The second kappa shape index (κ2) is 5.34. The van der Waals surface area contributed by atoms with Crippen molar-refractivity contribution in [1.29, 1.82) is 0 Å². The van der Waals surface area contributed by atoms with E-state index in [0.29, 0.717) is 11.5 Å². The molecule has 1 unspecified atom stereocenters. The Balaban J connectivity index is 2.14. The third kappa shape index (κ3) is 2.36. The Morgan fingerprint density at radius 2 is 1.95 bits per heavy atom. The lowest BCUT2D eigenvalue weighted by atomic mass is 10.1. The lowest BCUT2D eigenvalue weighted by molar-refractivity contribution is 0.0696. The van der Waals surface area contributed by atoms with Gasteiger partial charge >= 0.3 is 5.97 Å². The van der Waals surface area contributed by atoms with E-state index in [0.717, 1.165) is 5.56 Å². The minimum absolute atomic E-state index is 0.173. The Bertz CT molecular complexity index is 783. The largest absolute Gasteiger partial charge is 0.478 e. The maximum atomic E-state index is 11.1. The van der Waals surface area contributed by atoms with Crippen molar-refractivity contribution in [3.05, 3.63) is 65.6 Å². The van der Waals surface area contributed by atoms with Crippen LogP contribution in [-0.2, 0) is 4.74 Å². The highest BCUT2D eigenvalue weighted by molar-refractivity contribution is 5.87. The summed E-state index contributed by atoms with van der Waals surface area (Å²) < 4.78 is 7.16. The first-order valence-corrected chi connectivity index (χ1v) is 6.36. The molecule has 0 aliphatic rings. The molecule has 0 aliphatic carbocycles. The average Bonchev–Trinajstić information content (AvgIpc) is 2.92. The van der Waals surface area contributed by atoms with E-state index in [1.165, 1.54) is 12.3 Å². The van der Waals surface area contributed by atoms with Crippen LogP contribution in [0.4, 0.5) is 0 Å². The summed E-state index contributed by atoms with van der Waals surface area (Å²) in [6.45, 7) is 0. The van der Waals surface area contributed by atoms with Gasteiger partial charge in [0, 0.05) is 13.3 Å². The van der Waals surface area contributed by atoms with Gasteiger partial charge in [0.15, 0.2) is 11.5 Å². The number of ether oxygens (including phenoxy) is 1. The number of benzene rings is 1. The van der Waals surface area contributed by atoms with E-state index in [1.807, 2.05) is 30.3 Å². The van der Waals surface area contributed by atoms with Crippen LogP contribution in [0.2, 0.25) is 0 Å². The third-order valence-electron chi connectivity index (χ3n) is 3.25. The Kier molecular flexibility index (Phi) is 3.37. The number of aromatic carboxylic acids is 1. The van der Waals surface area contributed by atoms with E-state index in [1.54, 1.807) is 17.6 Å². The van der Waals surface area contributed by atoms with Gasteiger partial charge in [-0.1, -0.05) is 30.3 Å². The number of fused-ring (bicyclic) bond motifs is 1. The Labute approximate surface area is 120 Å². The number of methoxy groups -OCH3 is 1. The van der Waals surface area contributed by atoms with E-state index in [-0.39, 0.29) is 5.56 Å². The fourth-order valence-electron chi connectivity index (χ4n) is 2.23. The summed E-state index contributed by atoms with van der Waals surface area (Å²) in [6, 6.07) is 12.7. The molecule has 3 aromatic rings. The zero-order valence-corrected chi connectivity index (χ0v) is 11.3. The molecule has 1 N–H and O–H groups in total. The molecule has 3 rings (SSSR count). The number of carbonyl (C=O) groups is 1. The van der Waals surface area contributed by atoms with Crippen molar-refractivity contribution >= 4 is 11.6 Å². The Morgan fingerprint density at radius 3 is 2.62 bits per heavy atom. The molecular formula is C15H13N3O3. The molecule has 2 heterocycles. The van der Waals surface area contributed by atoms with Gasteiger partial charge < -0.3 is 9.84 Å². The number of carboxylic acids is 1. The van der Waals surface area contributed by atoms with Crippen molar-refractivity contribution in [2.24, 2.45) is 0 Å². The molecule has 0 spiro atoms. The molecule has 0 saturated carbocycles. The summed E-state index contributed by atoms with van der Waals surface area (Å²) in [6.07, 6.45) is 1.09. The van der Waals surface area contributed by atoms with Crippen molar-refractivity contribution in [1.82, 2.24) is 14.6 Å². The smallest absolute Gasteiger partial charge is 0.337 e. The lowest BCUT2D eigenvalue weighted by Gasteiger charge is -2.14. The molecule has 0 radical (unpaired) electrons. The second-order valence-electron chi connectivity index (χ2n) is 4.54. The molecule has 1 aromatic carbocycles. The van der Waals surface area contributed by atoms with E-state index < -0.39 is 12.1 Å². The fourth-order valence-corrected chi connectivity index (χ4v) is 2.23. The number of nitrogens with zero attached hydrogens (tertiary/aromatic N) is 3. The molecule has 1 atom stereocenters. The SMILES string of the molecule is COC(c1ccccc1)c1nnc2ccc(C(=O)O)cn12. The minimum Gasteiger partial charge on any atom is -0.478 e. The first kappa shape index (κ1) is 13.3. The zero-order valence-electron chi connectivity index (χ0n) is 11.3. The Hall–Kier alpha value is -2.73. The van der Waals surface area contributed by atoms with Gasteiger partial charge in [0.2, 0.25) is 0 Å². The summed E-state index contributed by atoms with van der Waals surface area (Å²) >= 11 is 0. The summed E-state index contributed by atoms with van der Waals surface area (Å²) in [5, 5.41) is 17.3. The topological polar surface area (TPSA) is 76.7 Å². The van der Waals surface area contributed by atoms with E-state index in [9.17, 15) is 4.79 Å². The van der Waals surface area contributed by atoms with Crippen LogP contribution >= 0.6 is 0 Å². The molecule has 21 heavy (non-hydrogen) atoms. The predicted molar refractivity (Wildman–Crippen MR) is 75.2 cm³/mol. The van der Waals surface area contributed by atoms with Crippen molar-refractivity contribution in [3.63, 3.8) is 0 Å². The number of aromatic nitrogens is 3. The number of carboxylic acid groups (broad SMARTS) is 1. The standard InChI is InChI=1S/C15H13N3O3/c1-21-13(10-5-3-2-4-6-10)14-17-16-12-8-7-11(15(19)20)9-18(12)14/h2-9,13H,1H3,(H,19,20). The van der Waals surface area contributed by atoms with Crippen molar-refractivity contribution in [3.8, 4) is 0 Å². The van der Waals surface area contributed by atoms with Crippen LogP contribution in [0.3, 0.4) is 0 Å². The van der Waals surface area contributed by atoms with Crippen LogP contribution in [0.1, 0.15) is 27.8 Å². The highest BCUT2D eigenvalue weighted by atomic mass is 16.5. The fraction of sp³-hybridized carbons (Fsp3) is 0.133.